The molecule has 3 saturated heterocycles. The van der Waals surface area contributed by atoms with Gasteiger partial charge in [0.25, 0.3) is 17.5 Å². The molecular weight excluding hydrogens is 500 g/mol. The fourth-order valence-corrected chi connectivity index (χ4v) is 5.90. The SMILES string of the molecule is C[C@](O)(CO)[C@@H](O)C12NC(=O)[C@@](O)(NC1=O)C(CSCc1ccc3nc4ccccc4nc3c1)CCO2. The number of carbonyl (C=O) groups excluding carboxylic acids is 2. The van der Waals surface area contributed by atoms with Crippen molar-refractivity contribution in [3.63, 3.8) is 0 Å². The Kier molecular flexibility index (Phi) is 6.59. The third-order valence-electron chi connectivity index (χ3n) is 6.96. The standard InChI is InChI=1S/C25H28N4O7S/c1-23(34,13-30)20(31)25-22(33)28-24(35,21(32)29-25)15(8-9-36-25)12-37-11-14-6-7-18-19(10-14)27-17-5-3-2-4-16(17)26-18/h2-7,10,15,20,30-31,34-35H,8-9,11-13H2,1H3,(H,28,33)(H,29,32)/t15?,20-,23+,24-,25?/m1/s1. The van der Waals surface area contributed by atoms with Crippen molar-refractivity contribution in [2.24, 2.45) is 5.92 Å². The van der Waals surface area contributed by atoms with E-state index in [-0.39, 0.29) is 13.0 Å². The molecule has 37 heavy (non-hydrogen) atoms. The minimum Gasteiger partial charge on any atom is -0.393 e. The molecule has 11 nitrogen and oxygen atoms in total. The number of amides is 2. The van der Waals surface area contributed by atoms with E-state index in [0.29, 0.717) is 11.5 Å². The second-order valence-electron chi connectivity index (χ2n) is 9.71. The Morgan fingerprint density at radius 2 is 1.78 bits per heavy atom. The Morgan fingerprint density at radius 1 is 1.11 bits per heavy atom. The summed E-state index contributed by atoms with van der Waals surface area (Å²) in [5.74, 6) is -1.78. The van der Waals surface area contributed by atoms with Gasteiger partial charge in [0.05, 0.1) is 35.3 Å². The van der Waals surface area contributed by atoms with Crippen molar-refractivity contribution >= 4 is 45.6 Å². The number of benzene rings is 2. The zero-order valence-corrected chi connectivity index (χ0v) is 20.9. The molecule has 3 aliphatic heterocycles. The summed E-state index contributed by atoms with van der Waals surface area (Å²) in [7, 11) is 0. The molecular formula is C25H28N4O7S. The van der Waals surface area contributed by atoms with E-state index in [1.165, 1.54) is 11.8 Å². The lowest BCUT2D eigenvalue weighted by Gasteiger charge is -2.51. The third kappa shape index (κ3) is 4.43. The number of aliphatic hydroxyl groups is 4. The van der Waals surface area contributed by atoms with Gasteiger partial charge >= 0.3 is 0 Å². The number of para-hydroxylation sites is 2. The molecule has 5 atom stereocenters. The van der Waals surface area contributed by atoms with E-state index >= 15 is 0 Å². The maximum absolute atomic E-state index is 13.0. The van der Waals surface area contributed by atoms with Crippen LogP contribution in [0.15, 0.2) is 42.5 Å². The van der Waals surface area contributed by atoms with Gasteiger partial charge in [0, 0.05) is 17.4 Å². The summed E-state index contributed by atoms with van der Waals surface area (Å²) in [4.78, 5) is 35.3. The first-order chi connectivity index (χ1) is 17.6. The van der Waals surface area contributed by atoms with Gasteiger partial charge in [-0.1, -0.05) is 18.2 Å². The smallest absolute Gasteiger partial charge is 0.278 e. The Labute approximate surface area is 216 Å². The van der Waals surface area contributed by atoms with Crippen LogP contribution in [0.5, 0.6) is 0 Å². The van der Waals surface area contributed by atoms with Gasteiger partial charge in [-0.15, -0.1) is 0 Å². The number of nitrogens with zero attached hydrogens (tertiary/aromatic N) is 2. The number of fused-ring (bicyclic) bond motifs is 7. The van der Waals surface area contributed by atoms with E-state index in [2.05, 4.69) is 20.6 Å². The van der Waals surface area contributed by atoms with Crippen LogP contribution in [0, 0.1) is 5.92 Å². The minimum absolute atomic E-state index is 0.0849. The summed E-state index contributed by atoms with van der Waals surface area (Å²) in [6.45, 7) is 0.135. The van der Waals surface area contributed by atoms with E-state index in [9.17, 15) is 30.0 Å². The van der Waals surface area contributed by atoms with Crippen LogP contribution in [0.1, 0.15) is 18.9 Å². The van der Waals surface area contributed by atoms with Gasteiger partial charge in [-0.05, 0) is 43.2 Å². The summed E-state index contributed by atoms with van der Waals surface area (Å²) >= 11 is 1.48. The predicted octanol–water partition coefficient (Wildman–Crippen LogP) is -0.212. The monoisotopic (exact) mass is 528 g/mol. The molecule has 0 radical (unpaired) electrons. The van der Waals surface area contributed by atoms with Crippen molar-refractivity contribution < 1.29 is 34.8 Å². The molecule has 4 heterocycles. The quantitative estimate of drug-likeness (QED) is 0.225. The highest BCUT2D eigenvalue weighted by molar-refractivity contribution is 7.98. The molecule has 12 heteroatoms. The summed E-state index contributed by atoms with van der Waals surface area (Å²) in [5.41, 5.74) is -2.56. The number of ether oxygens (including phenoxy) is 1. The van der Waals surface area contributed by atoms with Crippen LogP contribution in [0.2, 0.25) is 0 Å². The number of rotatable bonds is 7. The molecule has 2 bridgehead atoms. The van der Waals surface area contributed by atoms with Crippen LogP contribution < -0.4 is 10.6 Å². The average Bonchev–Trinajstić information content (AvgIpc) is 2.88. The van der Waals surface area contributed by atoms with Gasteiger partial charge < -0.3 is 35.8 Å². The molecule has 196 valence electrons. The second-order valence-corrected chi connectivity index (χ2v) is 10.7. The van der Waals surface area contributed by atoms with E-state index in [1.807, 2.05) is 42.5 Å². The predicted molar refractivity (Wildman–Crippen MR) is 135 cm³/mol. The normalized spacial score (nSPS) is 28.3. The largest absolute Gasteiger partial charge is 0.393 e. The van der Waals surface area contributed by atoms with Crippen molar-refractivity contribution in [3.05, 3.63) is 48.0 Å². The highest BCUT2D eigenvalue weighted by Crippen LogP contribution is 2.36. The van der Waals surface area contributed by atoms with Crippen molar-refractivity contribution in [1.82, 2.24) is 20.6 Å². The number of piperazine rings is 1. The first kappa shape index (κ1) is 25.8. The van der Waals surface area contributed by atoms with Crippen molar-refractivity contribution in [2.75, 3.05) is 19.0 Å². The van der Waals surface area contributed by atoms with Crippen LogP contribution in [0.3, 0.4) is 0 Å². The summed E-state index contributed by atoms with van der Waals surface area (Å²) < 4.78 is 5.61. The van der Waals surface area contributed by atoms with Gasteiger partial charge in [0.1, 0.15) is 11.7 Å². The molecule has 6 rings (SSSR count). The number of hydrogen-bond donors (Lipinski definition) is 6. The number of aromatic nitrogens is 2. The van der Waals surface area contributed by atoms with E-state index in [0.717, 1.165) is 34.6 Å². The third-order valence-corrected chi connectivity index (χ3v) is 8.13. The second kappa shape index (κ2) is 9.46. The Hall–Kier alpha value is -2.87. The summed E-state index contributed by atoms with van der Waals surface area (Å²) in [5, 5.41) is 46.1. The van der Waals surface area contributed by atoms with Gasteiger partial charge in [-0.2, -0.15) is 11.8 Å². The minimum atomic E-state index is -2.34. The van der Waals surface area contributed by atoms with Gasteiger partial charge in [-0.3, -0.25) is 9.59 Å². The molecule has 2 amide bonds. The van der Waals surface area contributed by atoms with Gasteiger partial charge in [0.2, 0.25) is 5.72 Å². The first-order valence-electron chi connectivity index (χ1n) is 11.8. The van der Waals surface area contributed by atoms with Crippen LogP contribution in [-0.2, 0) is 20.1 Å². The molecule has 6 N–H and O–H groups in total. The fourth-order valence-electron chi connectivity index (χ4n) is 4.68. The molecule has 3 fully saturated rings. The van der Waals surface area contributed by atoms with Crippen LogP contribution in [0.25, 0.3) is 22.1 Å². The number of hydrogen-bond acceptors (Lipinski definition) is 10. The van der Waals surface area contributed by atoms with E-state index in [4.69, 9.17) is 4.74 Å². The van der Waals surface area contributed by atoms with E-state index in [1.54, 1.807) is 0 Å². The Balaban J connectivity index is 1.30. The molecule has 0 spiro atoms. The maximum Gasteiger partial charge on any atom is 0.278 e. The zero-order valence-electron chi connectivity index (χ0n) is 20.0. The zero-order chi connectivity index (χ0) is 26.4. The lowest BCUT2D eigenvalue weighted by atomic mass is 9.83. The molecule has 2 unspecified atom stereocenters. The molecule has 3 aliphatic rings. The van der Waals surface area contributed by atoms with Crippen LogP contribution in [-0.4, -0.2) is 84.3 Å². The van der Waals surface area contributed by atoms with Crippen LogP contribution in [0.4, 0.5) is 0 Å². The fraction of sp³-hybridized carbons (Fsp3) is 0.440. The highest BCUT2D eigenvalue weighted by Gasteiger charge is 2.64. The number of thioether (sulfide) groups is 1. The topological polar surface area (TPSA) is 174 Å². The van der Waals surface area contributed by atoms with E-state index < -0.39 is 47.5 Å². The number of aliphatic hydroxyl groups excluding tert-OH is 2. The highest BCUT2D eigenvalue weighted by atomic mass is 32.2. The molecule has 0 saturated carbocycles. The number of carbonyl (C=O) groups is 2. The molecule has 2 aromatic carbocycles. The molecule has 1 aromatic heterocycles. The maximum atomic E-state index is 13.0. The lowest BCUT2D eigenvalue weighted by Crippen LogP contribution is -2.83. The summed E-state index contributed by atoms with van der Waals surface area (Å²) in [6, 6.07) is 13.5. The molecule has 3 aromatic rings. The number of nitrogens with one attached hydrogen (secondary N) is 2. The Morgan fingerprint density at radius 3 is 2.49 bits per heavy atom. The first-order valence-corrected chi connectivity index (χ1v) is 13.0. The molecule has 0 aliphatic carbocycles. The van der Waals surface area contributed by atoms with Gasteiger partial charge in [-0.25, -0.2) is 9.97 Å². The van der Waals surface area contributed by atoms with Crippen molar-refractivity contribution in [2.45, 2.75) is 42.3 Å². The van der Waals surface area contributed by atoms with Crippen molar-refractivity contribution in [1.29, 1.82) is 0 Å². The van der Waals surface area contributed by atoms with Gasteiger partial charge in [0.15, 0.2) is 0 Å². The Bertz CT molecular complexity index is 1370. The van der Waals surface area contributed by atoms with Crippen molar-refractivity contribution in [3.8, 4) is 0 Å². The van der Waals surface area contributed by atoms with Crippen LogP contribution >= 0.6 is 11.8 Å². The average molecular weight is 529 g/mol. The summed E-state index contributed by atoms with van der Waals surface area (Å²) in [6.07, 6.45) is -1.79. The lowest BCUT2D eigenvalue weighted by molar-refractivity contribution is -0.240.